The molecule has 1 N–H and O–H groups in total. The van der Waals surface area contributed by atoms with E-state index in [1.54, 1.807) is 4.31 Å². The Morgan fingerprint density at radius 3 is 2.00 bits per heavy atom. The van der Waals surface area contributed by atoms with Gasteiger partial charge < -0.3 is 5.32 Å². The monoisotopic (exact) mass is 505 g/mol. The number of likely N-dealkylation sites (tertiary alicyclic amines) is 1. The van der Waals surface area contributed by atoms with Gasteiger partial charge in [0.05, 0.1) is 17.9 Å². The van der Waals surface area contributed by atoms with Gasteiger partial charge in [0, 0.05) is 31.7 Å². The van der Waals surface area contributed by atoms with Gasteiger partial charge in [-0.15, -0.1) is 0 Å². The lowest BCUT2D eigenvalue weighted by atomic mass is 10.0. The van der Waals surface area contributed by atoms with Crippen LogP contribution in [0.4, 0.5) is 5.69 Å². The zero-order chi connectivity index (χ0) is 25.4. The molecule has 1 atom stereocenters. The number of hydrogen-bond acceptors (Lipinski definition) is 4. The van der Waals surface area contributed by atoms with Crippen molar-refractivity contribution < 1.29 is 13.2 Å². The van der Waals surface area contributed by atoms with Crippen LogP contribution in [0.25, 0.3) is 0 Å². The first kappa shape index (κ1) is 25.9. The predicted molar refractivity (Wildman–Crippen MR) is 145 cm³/mol. The molecule has 1 saturated heterocycles. The van der Waals surface area contributed by atoms with Crippen molar-refractivity contribution in [1.29, 1.82) is 0 Å². The molecule has 0 spiro atoms. The number of sulfonamides is 1. The maximum atomic E-state index is 13.5. The van der Waals surface area contributed by atoms with Crippen LogP contribution in [-0.4, -0.2) is 50.9 Å². The Kier molecular flexibility index (Phi) is 8.78. The Hall–Kier alpha value is -3.16. The molecule has 1 aliphatic rings. The van der Waals surface area contributed by atoms with Crippen LogP contribution in [0.5, 0.6) is 0 Å². The smallest absolute Gasteiger partial charge is 0.239 e. The lowest BCUT2D eigenvalue weighted by Crippen LogP contribution is -2.51. The SMILES string of the molecule is C[C@@H](CN(c1ccccc1)S(=O)(=O)Cc1ccccc1)N1CCC(NC(=O)Cc2ccccc2)CC1. The van der Waals surface area contributed by atoms with E-state index in [1.807, 2.05) is 91.0 Å². The molecule has 190 valence electrons. The molecule has 36 heavy (non-hydrogen) atoms. The molecule has 0 radical (unpaired) electrons. The van der Waals surface area contributed by atoms with Crippen molar-refractivity contribution in [2.45, 2.75) is 44.0 Å². The van der Waals surface area contributed by atoms with Crippen LogP contribution in [0.1, 0.15) is 30.9 Å². The van der Waals surface area contributed by atoms with E-state index in [4.69, 9.17) is 0 Å². The summed E-state index contributed by atoms with van der Waals surface area (Å²) >= 11 is 0. The first-order valence-corrected chi connectivity index (χ1v) is 14.2. The zero-order valence-electron chi connectivity index (χ0n) is 20.8. The quantitative estimate of drug-likeness (QED) is 0.448. The highest BCUT2D eigenvalue weighted by atomic mass is 32.2. The van der Waals surface area contributed by atoms with E-state index >= 15 is 0 Å². The summed E-state index contributed by atoms with van der Waals surface area (Å²) in [5.74, 6) is 0.0142. The minimum Gasteiger partial charge on any atom is -0.353 e. The second-order valence-corrected chi connectivity index (χ2v) is 11.4. The van der Waals surface area contributed by atoms with Crippen molar-refractivity contribution in [1.82, 2.24) is 10.2 Å². The number of carbonyl (C=O) groups is 1. The molecule has 0 aromatic heterocycles. The average molecular weight is 506 g/mol. The van der Waals surface area contributed by atoms with E-state index in [1.165, 1.54) is 0 Å². The molecule has 1 heterocycles. The Labute approximate surface area is 215 Å². The molecule has 0 unspecified atom stereocenters. The first-order chi connectivity index (χ1) is 17.4. The fourth-order valence-electron chi connectivity index (χ4n) is 4.74. The second kappa shape index (κ2) is 12.2. The summed E-state index contributed by atoms with van der Waals surface area (Å²) in [5.41, 5.74) is 2.47. The lowest BCUT2D eigenvalue weighted by molar-refractivity contribution is -0.121. The molecule has 1 fully saturated rings. The van der Waals surface area contributed by atoms with E-state index in [0.29, 0.717) is 18.7 Å². The molecule has 1 amide bonds. The highest BCUT2D eigenvalue weighted by molar-refractivity contribution is 7.92. The molecule has 0 saturated carbocycles. The summed E-state index contributed by atoms with van der Waals surface area (Å²) in [5, 5.41) is 3.17. The van der Waals surface area contributed by atoms with Gasteiger partial charge in [-0.1, -0.05) is 78.9 Å². The molecule has 7 heteroatoms. The van der Waals surface area contributed by atoms with E-state index in [-0.39, 0.29) is 23.7 Å². The number of rotatable bonds is 10. The van der Waals surface area contributed by atoms with Gasteiger partial charge in [0.1, 0.15) is 0 Å². The predicted octanol–water partition coefficient (Wildman–Crippen LogP) is 4.23. The van der Waals surface area contributed by atoms with E-state index in [0.717, 1.165) is 37.1 Å². The Morgan fingerprint density at radius 2 is 1.42 bits per heavy atom. The number of nitrogens with zero attached hydrogens (tertiary/aromatic N) is 2. The van der Waals surface area contributed by atoms with Gasteiger partial charge in [0.25, 0.3) is 0 Å². The summed E-state index contributed by atoms with van der Waals surface area (Å²) in [6.45, 7) is 4.10. The van der Waals surface area contributed by atoms with Gasteiger partial charge in [-0.25, -0.2) is 8.42 Å². The number of benzene rings is 3. The molecule has 3 aromatic carbocycles. The number of nitrogens with one attached hydrogen (secondary N) is 1. The Bertz CT molecular complexity index is 1200. The third-order valence-corrected chi connectivity index (χ3v) is 8.46. The van der Waals surface area contributed by atoms with Crippen LogP contribution in [0.3, 0.4) is 0 Å². The second-order valence-electron chi connectivity index (χ2n) is 9.50. The first-order valence-electron chi connectivity index (χ1n) is 12.6. The van der Waals surface area contributed by atoms with Gasteiger partial charge in [-0.2, -0.15) is 0 Å². The molecular weight excluding hydrogens is 470 g/mol. The molecule has 1 aliphatic heterocycles. The van der Waals surface area contributed by atoms with E-state index in [2.05, 4.69) is 17.1 Å². The number of piperidine rings is 1. The summed E-state index contributed by atoms with van der Waals surface area (Å²) in [4.78, 5) is 14.8. The minimum atomic E-state index is -3.57. The largest absolute Gasteiger partial charge is 0.353 e. The minimum absolute atomic E-state index is 0.0367. The van der Waals surface area contributed by atoms with Gasteiger partial charge in [-0.05, 0) is 43.0 Å². The van der Waals surface area contributed by atoms with Crippen LogP contribution >= 0.6 is 0 Å². The Morgan fingerprint density at radius 1 is 0.889 bits per heavy atom. The summed E-state index contributed by atoms with van der Waals surface area (Å²) in [7, 11) is -3.57. The highest BCUT2D eigenvalue weighted by Crippen LogP contribution is 2.23. The summed E-state index contributed by atoms with van der Waals surface area (Å²) in [6, 6.07) is 28.6. The van der Waals surface area contributed by atoms with Crippen molar-refractivity contribution in [2.75, 3.05) is 23.9 Å². The van der Waals surface area contributed by atoms with E-state index in [9.17, 15) is 13.2 Å². The van der Waals surface area contributed by atoms with E-state index < -0.39 is 10.0 Å². The van der Waals surface area contributed by atoms with Crippen molar-refractivity contribution in [2.24, 2.45) is 0 Å². The molecule has 0 aliphatic carbocycles. The Balaban J connectivity index is 1.36. The van der Waals surface area contributed by atoms with Crippen LogP contribution in [-0.2, 0) is 27.0 Å². The van der Waals surface area contributed by atoms with Crippen molar-refractivity contribution in [3.05, 3.63) is 102 Å². The number of amides is 1. The standard InChI is InChI=1S/C29H35N3O3S/c1-24(31-19-17-27(18-20-31)30-29(33)21-25-11-5-2-6-12-25)22-32(28-15-9-4-10-16-28)36(34,35)23-26-13-7-3-8-14-26/h2-16,24,27H,17-23H2,1H3,(H,30,33)/t24-/m0/s1. The summed E-state index contributed by atoms with van der Waals surface area (Å²) < 4.78 is 28.6. The molecule has 0 bridgehead atoms. The molecular formula is C29H35N3O3S. The zero-order valence-corrected chi connectivity index (χ0v) is 21.6. The van der Waals surface area contributed by atoms with Crippen molar-refractivity contribution in [3.63, 3.8) is 0 Å². The number of para-hydroxylation sites is 1. The van der Waals surface area contributed by atoms with Crippen LogP contribution in [0, 0.1) is 0 Å². The summed E-state index contributed by atoms with van der Waals surface area (Å²) in [6.07, 6.45) is 2.10. The van der Waals surface area contributed by atoms with Crippen LogP contribution in [0.15, 0.2) is 91.0 Å². The fraction of sp³-hybridized carbons (Fsp3) is 0.345. The number of anilines is 1. The number of carbonyl (C=O) groups excluding carboxylic acids is 1. The van der Waals surface area contributed by atoms with Gasteiger partial charge in [-0.3, -0.25) is 14.0 Å². The van der Waals surface area contributed by atoms with Crippen molar-refractivity contribution >= 4 is 21.6 Å². The third-order valence-electron chi connectivity index (χ3n) is 6.73. The van der Waals surface area contributed by atoms with Crippen molar-refractivity contribution in [3.8, 4) is 0 Å². The van der Waals surface area contributed by atoms with Crippen LogP contribution < -0.4 is 9.62 Å². The lowest BCUT2D eigenvalue weighted by Gasteiger charge is -2.38. The topological polar surface area (TPSA) is 69.7 Å². The molecule has 3 aromatic rings. The fourth-order valence-corrected chi connectivity index (χ4v) is 6.39. The number of hydrogen-bond donors (Lipinski definition) is 1. The third kappa shape index (κ3) is 7.18. The maximum absolute atomic E-state index is 13.5. The average Bonchev–Trinajstić information content (AvgIpc) is 2.89. The normalized spacial score (nSPS) is 15.8. The van der Waals surface area contributed by atoms with Gasteiger partial charge >= 0.3 is 0 Å². The highest BCUT2D eigenvalue weighted by Gasteiger charge is 2.29. The molecule has 6 nitrogen and oxygen atoms in total. The van der Waals surface area contributed by atoms with Crippen LogP contribution in [0.2, 0.25) is 0 Å². The van der Waals surface area contributed by atoms with Gasteiger partial charge in [0.15, 0.2) is 0 Å². The maximum Gasteiger partial charge on any atom is 0.239 e. The van der Waals surface area contributed by atoms with Gasteiger partial charge in [0.2, 0.25) is 15.9 Å². The molecule has 4 rings (SSSR count).